The molecule has 0 radical (unpaired) electrons. The highest BCUT2D eigenvalue weighted by Gasteiger charge is 1.97. The van der Waals surface area contributed by atoms with Crippen LogP contribution in [0, 0.1) is 5.92 Å². The van der Waals surface area contributed by atoms with Crippen LogP contribution in [0.4, 0.5) is 0 Å². The molecular formula is C9H13N. The van der Waals surface area contributed by atoms with Crippen LogP contribution in [0.25, 0.3) is 0 Å². The Kier molecular flexibility index (Phi) is 1.95. The van der Waals surface area contributed by atoms with Gasteiger partial charge in [0, 0.05) is 5.70 Å². The second kappa shape index (κ2) is 2.74. The average Bonchev–Trinajstić information content (AvgIpc) is 1.93. The van der Waals surface area contributed by atoms with E-state index in [9.17, 15) is 0 Å². The lowest BCUT2D eigenvalue weighted by Gasteiger charge is -1.96. The van der Waals surface area contributed by atoms with Crippen molar-refractivity contribution in [1.82, 2.24) is 0 Å². The molecule has 0 saturated carbocycles. The van der Waals surface area contributed by atoms with E-state index in [1.807, 2.05) is 18.2 Å². The van der Waals surface area contributed by atoms with Gasteiger partial charge in [-0.1, -0.05) is 30.7 Å². The van der Waals surface area contributed by atoms with Gasteiger partial charge >= 0.3 is 0 Å². The fourth-order valence-electron chi connectivity index (χ4n) is 1.11. The Labute approximate surface area is 61.9 Å². The molecule has 0 spiro atoms. The third-order valence-electron chi connectivity index (χ3n) is 1.52. The Bertz CT molecular complexity index is 187. The summed E-state index contributed by atoms with van der Waals surface area (Å²) in [6.07, 6.45) is 8.22. The number of allylic oxidation sites excluding steroid dienone is 5. The van der Waals surface area contributed by atoms with E-state index >= 15 is 0 Å². The molecule has 1 rings (SSSR count). The van der Waals surface area contributed by atoms with Gasteiger partial charge in [0.25, 0.3) is 0 Å². The summed E-state index contributed by atoms with van der Waals surface area (Å²) in [5, 5.41) is 0. The van der Waals surface area contributed by atoms with Crippen LogP contribution in [0.3, 0.4) is 0 Å². The molecule has 10 heavy (non-hydrogen) atoms. The zero-order valence-corrected chi connectivity index (χ0v) is 6.46. The van der Waals surface area contributed by atoms with Crippen molar-refractivity contribution < 1.29 is 0 Å². The Morgan fingerprint density at radius 2 is 2.00 bits per heavy atom. The topological polar surface area (TPSA) is 26.0 Å². The molecule has 1 aliphatic rings. The fraction of sp³-hybridized carbons (Fsp3) is 0.333. The third-order valence-corrected chi connectivity index (χ3v) is 1.52. The molecule has 0 aromatic heterocycles. The van der Waals surface area contributed by atoms with Gasteiger partial charge in [0.05, 0.1) is 0 Å². The van der Waals surface area contributed by atoms with Crippen LogP contribution in [0.15, 0.2) is 35.6 Å². The molecule has 0 fully saturated rings. The summed E-state index contributed by atoms with van der Waals surface area (Å²) in [5.74, 6) is 0.468. The van der Waals surface area contributed by atoms with Crippen molar-refractivity contribution in [3.8, 4) is 0 Å². The summed E-state index contributed by atoms with van der Waals surface area (Å²) in [7, 11) is 0. The standard InChI is InChI=1S/C9H13N/c1-7-3-4-9(10)6-8(2)5-7/h3-6,8H,10H2,1-2H3. The Hall–Kier alpha value is -0.980. The van der Waals surface area contributed by atoms with Gasteiger partial charge in [-0.3, -0.25) is 0 Å². The van der Waals surface area contributed by atoms with Crippen molar-refractivity contribution in [1.29, 1.82) is 0 Å². The molecule has 0 bridgehead atoms. The van der Waals surface area contributed by atoms with Crippen molar-refractivity contribution in [2.75, 3.05) is 0 Å². The maximum absolute atomic E-state index is 5.63. The number of nitrogens with two attached hydrogens (primary N) is 1. The molecule has 1 atom stereocenters. The summed E-state index contributed by atoms with van der Waals surface area (Å²) in [5.41, 5.74) is 7.77. The fourth-order valence-corrected chi connectivity index (χ4v) is 1.11. The van der Waals surface area contributed by atoms with Crippen LogP contribution in [0.1, 0.15) is 13.8 Å². The largest absolute Gasteiger partial charge is 0.399 e. The molecule has 0 amide bonds. The summed E-state index contributed by atoms with van der Waals surface area (Å²) in [6, 6.07) is 0. The van der Waals surface area contributed by atoms with Crippen molar-refractivity contribution in [3.05, 3.63) is 35.6 Å². The molecule has 2 N–H and O–H groups in total. The lowest BCUT2D eigenvalue weighted by Crippen LogP contribution is -1.94. The van der Waals surface area contributed by atoms with Crippen LogP contribution in [0.5, 0.6) is 0 Å². The van der Waals surface area contributed by atoms with Gasteiger partial charge in [0.15, 0.2) is 0 Å². The van der Waals surface area contributed by atoms with Crippen molar-refractivity contribution in [3.63, 3.8) is 0 Å². The zero-order valence-electron chi connectivity index (χ0n) is 6.46. The van der Waals surface area contributed by atoms with Gasteiger partial charge in [0.1, 0.15) is 0 Å². The Morgan fingerprint density at radius 1 is 1.30 bits per heavy atom. The molecule has 54 valence electrons. The first kappa shape index (κ1) is 7.13. The lowest BCUT2D eigenvalue weighted by molar-refractivity contribution is 0.923. The van der Waals surface area contributed by atoms with E-state index in [1.54, 1.807) is 0 Å². The van der Waals surface area contributed by atoms with E-state index in [0.29, 0.717) is 5.92 Å². The van der Waals surface area contributed by atoms with Crippen LogP contribution < -0.4 is 5.73 Å². The van der Waals surface area contributed by atoms with E-state index in [2.05, 4.69) is 19.9 Å². The monoisotopic (exact) mass is 135 g/mol. The van der Waals surface area contributed by atoms with E-state index in [0.717, 1.165) is 5.70 Å². The molecule has 1 unspecified atom stereocenters. The molecule has 0 aliphatic heterocycles. The van der Waals surface area contributed by atoms with Crippen molar-refractivity contribution in [2.45, 2.75) is 13.8 Å². The summed E-state index contributed by atoms with van der Waals surface area (Å²) in [4.78, 5) is 0. The molecule has 1 aliphatic carbocycles. The highest BCUT2D eigenvalue weighted by molar-refractivity contribution is 5.30. The number of hydrogen-bond acceptors (Lipinski definition) is 1. The first-order valence-electron chi connectivity index (χ1n) is 3.52. The number of hydrogen-bond donors (Lipinski definition) is 1. The lowest BCUT2D eigenvalue weighted by atomic mass is 10.1. The van der Waals surface area contributed by atoms with Crippen LogP contribution >= 0.6 is 0 Å². The average molecular weight is 135 g/mol. The van der Waals surface area contributed by atoms with E-state index in [1.165, 1.54) is 5.57 Å². The first-order valence-corrected chi connectivity index (χ1v) is 3.52. The summed E-state index contributed by atoms with van der Waals surface area (Å²) < 4.78 is 0. The molecule has 0 aromatic carbocycles. The van der Waals surface area contributed by atoms with Gasteiger partial charge in [-0.2, -0.15) is 0 Å². The van der Waals surface area contributed by atoms with E-state index in [4.69, 9.17) is 5.73 Å². The molecule has 1 nitrogen and oxygen atoms in total. The molecule has 0 aromatic rings. The van der Waals surface area contributed by atoms with Crippen molar-refractivity contribution >= 4 is 0 Å². The zero-order chi connectivity index (χ0) is 7.56. The van der Waals surface area contributed by atoms with Gasteiger partial charge in [-0.05, 0) is 18.9 Å². The van der Waals surface area contributed by atoms with Gasteiger partial charge in [-0.25, -0.2) is 0 Å². The summed E-state index contributed by atoms with van der Waals surface area (Å²) >= 11 is 0. The normalized spacial score (nSPS) is 25.2. The second-order valence-corrected chi connectivity index (χ2v) is 2.77. The van der Waals surface area contributed by atoms with Crippen molar-refractivity contribution in [2.24, 2.45) is 11.7 Å². The quantitative estimate of drug-likeness (QED) is 0.540. The molecule has 0 saturated heterocycles. The minimum Gasteiger partial charge on any atom is -0.399 e. The van der Waals surface area contributed by atoms with Gasteiger partial charge < -0.3 is 5.73 Å². The predicted molar refractivity (Wildman–Crippen MR) is 44.3 cm³/mol. The van der Waals surface area contributed by atoms with E-state index in [-0.39, 0.29) is 0 Å². The second-order valence-electron chi connectivity index (χ2n) is 2.77. The third kappa shape index (κ3) is 1.76. The van der Waals surface area contributed by atoms with Gasteiger partial charge in [0.2, 0.25) is 0 Å². The molecule has 0 heterocycles. The Morgan fingerprint density at radius 3 is 2.70 bits per heavy atom. The number of rotatable bonds is 0. The molecular weight excluding hydrogens is 122 g/mol. The SMILES string of the molecule is CC1=CC(C)C=C(N)C=C1. The summed E-state index contributed by atoms with van der Waals surface area (Å²) in [6.45, 7) is 4.21. The van der Waals surface area contributed by atoms with Crippen LogP contribution in [0.2, 0.25) is 0 Å². The highest BCUT2D eigenvalue weighted by atomic mass is 14.6. The Balaban J connectivity index is 2.87. The predicted octanol–water partition coefficient (Wildman–Crippen LogP) is 1.98. The minimum absolute atomic E-state index is 0.468. The first-order chi connectivity index (χ1) is 4.68. The minimum atomic E-state index is 0.468. The van der Waals surface area contributed by atoms with Crippen LogP contribution in [-0.2, 0) is 0 Å². The smallest absolute Gasteiger partial charge is 0.0279 e. The van der Waals surface area contributed by atoms with Crippen LogP contribution in [-0.4, -0.2) is 0 Å². The van der Waals surface area contributed by atoms with Gasteiger partial charge in [-0.15, -0.1) is 0 Å². The maximum atomic E-state index is 5.63. The van der Waals surface area contributed by atoms with E-state index < -0.39 is 0 Å². The maximum Gasteiger partial charge on any atom is 0.0279 e. The molecule has 1 heteroatoms. The highest BCUT2D eigenvalue weighted by Crippen LogP contribution is 2.11.